The topological polar surface area (TPSA) is 114 Å². The zero-order chi connectivity index (χ0) is 22.3. The predicted octanol–water partition coefficient (Wildman–Crippen LogP) is 1.13. The number of benzene rings is 1. The third-order valence-corrected chi connectivity index (χ3v) is 4.83. The molecule has 0 saturated heterocycles. The van der Waals surface area contributed by atoms with Gasteiger partial charge in [0.25, 0.3) is 0 Å². The number of carbonyl (C=O) groups is 3. The van der Waals surface area contributed by atoms with Crippen LogP contribution in [0.15, 0.2) is 42.5 Å². The number of ether oxygens (including phenoxy) is 2. The van der Waals surface area contributed by atoms with Gasteiger partial charge in [0.1, 0.15) is 6.61 Å². The molecule has 0 bridgehead atoms. The van der Waals surface area contributed by atoms with E-state index in [4.69, 9.17) is 14.6 Å². The SMILES string of the molecule is O=C(CC1CC=CCCC(=O)OCC(Cc2ccccc2)NC1=O)NCCOCCO. The van der Waals surface area contributed by atoms with E-state index in [0.717, 1.165) is 5.56 Å². The van der Waals surface area contributed by atoms with Crippen LogP contribution in [0.3, 0.4) is 0 Å². The van der Waals surface area contributed by atoms with Gasteiger partial charge in [-0.2, -0.15) is 0 Å². The average molecular weight is 433 g/mol. The highest BCUT2D eigenvalue weighted by Crippen LogP contribution is 2.14. The van der Waals surface area contributed by atoms with Crippen LogP contribution in [0.4, 0.5) is 0 Å². The van der Waals surface area contributed by atoms with Gasteiger partial charge in [-0.15, -0.1) is 0 Å². The van der Waals surface area contributed by atoms with Crippen molar-refractivity contribution in [3.8, 4) is 0 Å². The molecule has 31 heavy (non-hydrogen) atoms. The lowest BCUT2D eigenvalue weighted by molar-refractivity contribution is -0.145. The third-order valence-electron chi connectivity index (χ3n) is 4.83. The lowest BCUT2D eigenvalue weighted by Gasteiger charge is -2.23. The van der Waals surface area contributed by atoms with Gasteiger partial charge in [-0.1, -0.05) is 42.5 Å². The summed E-state index contributed by atoms with van der Waals surface area (Å²) in [6.45, 7) is 0.856. The van der Waals surface area contributed by atoms with Crippen molar-refractivity contribution in [2.24, 2.45) is 5.92 Å². The Kier molecular flexibility index (Phi) is 11.3. The summed E-state index contributed by atoms with van der Waals surface area (Å²) in [7, 11) is 0. The number of nitrogens with one attached hydrogen (secondary N) is 2. The normalized spacial score (nSPS) is 20.2. The first-order valence-electron chi connectivity index (χ1n) is 10.7. The summed E-state index contributed by atoms with van der Waals surface area (Å²) in [5.74, 6) is -1.30. The highest BCUT2D eigenvalue weighted by Gasteiger charge is 2.24. The maximum absolute atomic E-state index is 12.9. The van der Waals surface area contributed by atoms with Crippen LogP contribution in [0, 0.1) is 5.92 Å². The standard InChI is InChI=1S/C23H32N2O6/c26-12-14-30-13-11-24-21(27)16-19-9-5-2-6-10-22(28)31-17-20(25-23(19)29)15-18-7-3-1-4-8-18/h1-5,7-8,19-20,26H,6,9-17H2,(H,24,27)(H,25,29). The second-order valence-corrected chi connectivity index (χ2v) is 7.41. The van der Waals surface area contributed by atoms with Gasteiger partial charge in [-0.05, 0) is 24.8 Å². The number of rotatable bonds is 9. The third kappa shape index (κ3) is 10.2. The molecule has 8 nitrogen and oxygen atoms in total. The number of carbonyl (C=O) groups excluding carboxylic acids is 3. The van der Waals surface area contributed by atoms with Gasteiger partial charge in [0.15, 0.2) is 0 Å². The molecule has 0 radical (unpaired) electrons. The molecule has 8 heteroatoms. The monoisotopic (exact) mass is 432 g/mol. The van der Waals surface area contributed by atoms with Crippen LogP contribution in [0.1, 0.15) is 31.2 Å². The molecular weight excluding hydrogens is 400 g/mol. The summed E-state index contributed by atoms with van der Waals surface area (Å²) in [5.41, 5.74) is 1.02. The molecule has 1 heterocycles. The minimum Gasteiger partial charge on any atom is -0.463 e. The Bertz CT molecular complexity index is 722. The second kappa shape index (κ2) is 14.3. The first-order chi connectivity index (χ1) is 15.1. The summed E-state index contributed by atoms with van der Waals surface area (Å²) in [6, 6.07) is 9.29. The van der Waals surface area contributed by atoms with Crippen molar-refractivity contribution in [3.05, 3.63) is 48.0 Å². The Labute approximate surface area is 183 Å². The van der Waals surface area contributed by atoms with E-state index in [1.807, 2.05) is 42.5 Å². The molecule has 170 valence electrons. The van der Waals surface area contributed by atoms with Gasteiger partial charge >= 0.3 is 5.97 Å². The van der Waals surface area contributed by atoms with Crippen LogP contribution in [-0.4, -0.2) is 61.9 Å². The van der Waals surface area contributed by atoms with Crippen LogP contribution in [0.5, 0.6) is 0 Å². The second-order valence-electron chi connectivity index (χ2n) is 7.41. The zero-order valence-electron chi connectivity index (χ0n) is 17.8. The van der Waals surface area contributed by atoms with Crippen molar-refractivity contribution in [3.63, 3.8) is 0 Å². The summed E-state index contributed by atoms with van der Waals surface area (Å²) >= 11 is 0. The lowest BCUT2D eigenvalue weighted by atomic mass is 9.97. The zero-order valence-corrected chi connectivity index (χ0v) is 17.8. The molecule has 3 N–H and O–H groups in total. The maximum Gasteiger partial charge on any atom is 0.306 e. The molecule has 2 rings (SSSR count). The van der Waals surface area contributed by atoms with Gasteiger partial charge in [-0.25, -0.2) is 0 Å². The van der Waals surface area contributed by atoms with E-state index in [-0.39, 0.29) is 56.5 Å². The van der Waals surface area contributed by atoms with Crippen molar-refractivity contribution in [1.29, 1.82) is 0 Å². The summed E-state index contributed by atoms with van der Waals surface area (Å²) < 4.78 is 10.5. The number of amides is 2. The van der Waals surface area contributed by atoms with Crippen molar-refractivity contribution in [2.45, 2.75) is 38.1 Å². The highest BCUT2D eigenvalue weighted by atomic mass is 16.5. The van der Waals surface area contributed by atoms with Crippen LogP contribution < -0.4 is 10.6 Å². The number of hydrogen-bond acceptors (Lipinski definition) is 6. The van der Waals surface area contributed by atoms with Crippen LogP contribution in [0.25, 0.3) is 0 Å². The Morgan fingerprint density at radius 3 is 2.77 bits per heavy atom. The van der Waals surface area contributed by atoms with E-state index in [1.54, 1.807) is 0 Å². The van der Waals surface area contributed by atoms with Gasteiger partial charge in [-0.3, -0.25) is 14.4 Å². The van der Waals surface area contributed by atoms with Crippen LogP contribution in [-0.2, 0) is 30.3 Å². The molecule has 0 aromatic heterocycles. The smallest absolute Gasteiger partial charge is 0.306 e. The van der Waals surface area contributed by atoms with E-state index < -0.39 is 5.92 Å². The van der Waals surface area contributed by atoms with Crippen molar-refractivity contribution in [1.82, 2.24) is 10.6 Å². The minimum absolute atomic E-state index is 0.0496. The van der Waals surface area contributed by atoms with Gasteiger partial charge in [0.05, 0.1) is 31.8 Å². The number of aliphatic hydroxyl groups excluding tert-OH is 1. The number of cyclic esters (lactones) is 1. The van der Waals surface area contributed by atoms with E-state index in [1.165, 1.54) is 0 Å². The van der Waals surface area contributed by atoms with Crippen LogP contribution >= 0.6 is 0 Å². The Morgan fingerprint density at radius 1 is 1.19 bits per heavy atom. The van der Waals surface area contributed by atoms with Crippen molar-refractivity contribution in [2.75, 3.05) is 33.0 Å². The molecule has 1 aromatic rings. The Balaban J connectivity index is 1.99. The summed E-state index contributed by atoms with van der Waals surface area (Å²) in [5, 5.41) is 14.4. The molecular formula is C23H32N2O6. The van der Waals surface area contributed by atoms with Gasteiger partial charge in [0.2, 0.25) is 11.8 Å². The fourth-order valence-corrected chi connectivity index (χ4v) is 3.22. The number of esters is 1. The Hall–Kier alpha value is -2.71. The first-order valence-corrected chi connectivity index (χ1v) is 10.7. The minimum atomic E-state index is -0.525. The average Bonchev–Trinajstić information content (AvgIpc) is 2.76. The molecule has 1 aliphatic heterocycles. The van der Waals surface area contributed by atoms with E-state index in [9.17, 15) is 14.4 Å². The predicted molar refractivity (Wildman–Crippen MR) is 115 cm³/mol. The lowest BCUT2D eigenvalue weighted by Crippen LogP contribution is -2.44. The molecule has 0 spiro atoms. The molecule has 2 amide bonds. The molecule has 1 aliphatic rings. The highest BCUT2D eigenvalue weighted by molar-refractivity contribution is 5.86. The van der Waals surface area contributed by atoms with Crippen LogP contribution in [0.2, 0.25) is 0 Å². The quantitative estimate of drug-likeness (QED) is 0.306. The first kappa shape index (κ1) is 24.6. The largest absolute Gasteiger partial charge is 0.463 e. The van der Waals surface area contributed by atoms with E-state index >= 15 is 0 Å². The van der Waals surface area contributed by atoms with Crippen molar-refractivity contribution >= 4 is 17.8 Å². The molecule has 0 fully saturated rings. The number of aliphatic hydroxyl groups is 1. The summed E-state index contributed by atoms with van der Waals surface area (Å²) in [4.78, 5) is 37.1. The molecule has 0 saturated carbocycles. The maximum atomic E-state index is 12.9. The number of hydrogen-bond donors (Lipinski definition) is 3. The molecule has 2 unspecified atom stereocenters. The molecule has 2 atom stereocenters. The fourth-order valence-electron chi connectivity index (χ4n) is 3.22. The van der Waals surface area contributed by atoms with Crippen molar-refractivity contribution < 1.29 is 29.0 Å². The van der Waals surface area contributed by atoms with E-state index in [2.05, 4.69) is 10.6 Å². The van der Waals surface area contributed by atoms with Gasteiger partial charge in [0, 0.05) is 19.4 Å². The fraction of sp³-hybridized carbons (Fsp3) is 0.522. The summed E-state index contributed by atoms with van der Waals surface area (Å²) in [6.07, 6.45) is 5.47. The number of allylic oxidation sites excluding steroid dienone is 2. The Morgan fingerprint density at radius 2 is 2.00 bits per heavy atom. The molecule has 1 aromatic carbocycles. The molecule has 0 aliphatic carbocycles. The van der Waals surface area contributed by atoms with Gasteiger partial charge < -0.3 is 25.2 Å². The van der Waals surface area contributed by atoms with E-state index in [0.29, 0.717) is 32.4 Å².